The summed E-state index contributed by atoms with van der Waals surface area (Å²) < 4.78 is 16.4. The molecule has 0 spiro atoms. The highest BCUT2D eigenvalue weighted by molar-refractivity contribution is 5.95. The van der Waals surface area contributed by atoms with Crippen molar-refractivity contribution in [2.75, 3.05) is 43.1 Å². The van der Waals surface area contributed by atoms with Crippen LogP contribution < -0.4 is 10.2 Å². The van der Waals surface area contributed by atoms with Gasteiger partial charge in [-0.05, 0) is 48.9 Å². The summed E-state index contributed by atoms with van der Waals surface area (Å²) >= 11 is 0. The highest BCUT2D eigenvalue weighted by Gasteiger charge is 2.37. The van der Waals surface area contributed by atoms with Gasteiger partial charge in [-0.1, -0.05) is 6.07 Å². The van der Waals surface area contributed by atoms with E-state index in [1.165, 1.54) is 11.0 Å². The summed E-state index contributed by atoms with van der Waals surface area (Å²) in [4.78, 5) is 44.6. The molecule has 0 radical (unpaired) electrons. The summed E-state index contributed by atoms with van der Waals surface area (Å²) in [5, 5.41) is 2.68. The van der Waals surface area contributed by atoms with E-state index in [0.29, 0.717) is 38.4 Å². The number of nitrogens with one attached hydrogen (secondary N) is 1. The van der Waals surface area contributed by atoms with Crippen molar-refractivity contribution in [2.24, 2.45) is 0 Å². The summed E-state index contributed by atoms with van der Waals surface area (Å²) in [6.45, 7) is 3.72. The average molecular weight is 481 g/mol. The molecule has 184 valence electrons. The first kappa shape index (κ1) is 24.4. The van der Waals surface area contributed by atoms with E-state index in [4.69, 9.17) is 14.2 Å². The Morgan fingerprint density at radius 2 is 2.09 bits per heavy atom. The van der Waals surface area contributed by atoms with Crippen molar-refractivity contribution < 1.29 is 28.6 Å². The van der Waals surface area contributed by atoms with Gasteiger partial charge in [-0.3, -0.25) is 19.9 Å². The maximum absolute atomic E-state index is 12.8. The lowest BCUT2D eigenvalue weighted by Gasteiger charge is -2.27. The number of aromatic nitrogens is 1. The number of carbonyl (C=O) groups is 3. The van der Waals surface area contributed by atoms with E-state index in [1.54, 1.807) is 53.7 Å². The van der Waals surface area contributed by atoms with Crippen LogP contribution in [0.1, 0.15) is 18.9 Å². The van der Waals surface area contributed by atoms with Crippen LogP contribution in [-0.4, -0.2) is 73.0 Å². The van der Waals surface area contributed by atoms with Gasteiger partial charge in [0.2, 0.25) is 5.91 Å². The molecular weight excluding hydrogens is 452 g/mol. The summed E-state index contributed by atoms with van der Waals surface area (Å²) in [6, 6.07) is 10.5. The van der Waals surface area contributed by atoms with Crippen LogP contribution in [0.25, 0.3) is 6.08 Å². The highest BCUT2D eigenvalue weighted by Crippen LogP contribution is 2.24. The number of anilines is 2. The minimum absolute atomic E-state index is 0.0586. The minimum atomic E-state index is -0.761. The van der Waals surface area contributed by atoms with Gasteiger partial charge < -0.3 is 24.0 Å². The Morgan fingerprint density at radius 1 is 1.26 bits per heavy atom. The number of likely N-dealkylation sites (tertiary alicyclic amines) is 1. The number of benzene rings is 1. The molecule has 1 N–H and O–H groups in total. The van der Waals surface area contributed by atoms with Gasteiger partial charge >= 0.3 is 6.09 Å². The van der Waals surface area contributed by atoms with Crippen molar-refractivity contribution in [2.45, 2.75) is 25.7 Å². The Bertz CT molecular complexity index is 1060. The molecule has 2 aromatic rings. The van der Waals surface area contributed by atoms with Crippen LogP contribution in [0.2, 0.25) is 0 Å². The first-order valence-electron chi connectivity index (χ1n) is 11.5. The lowest BCUT2D eigenvalue weighted by atomic mass is 10.2. The number of morpholine rings is 1. The van der Waals surface area contributed by atoms with Crippen molar-refractivity contribution in [3.8, 4) is 0 Å². The van der Waals surface area contributed by atoms with Crippen LogP contribution in [0.15, 0.2) is 54.9 Å². The second-order valence-corrected chi connectivity index (χ2v) is 8.05. The fourth-order valence-corrected chi connectivity index (χ4v) is 3.99. The molecule has 0 saturated carbocycles. The number of amides is 3. The Kier molecular flexibility index (Phi) is 8.07. The predicted octanol–water partition coefficient (Wildman–Crippen LogP) is 2.67. The monoisotopic (exact) mass is 480 g/mol. The molecule has 0 bridgehead atoms. The van der Waals surface area contributed by atoms with Crippen LogP contribution in [-0.2, 0) is 23.8 Å². The molecule has 10 heteroatoms. The molecule has 35 heavy (non-hydrogen) atoms. The number of pyridine rings is 1. The highest BCUT2D eigenvalue weighted by atomic mass is 16.6. The van der Waals surface area contributed by atoms with Gasteiger partial charge in [0, 0.05) is 49.4 Å². The topological polar surface area (TPSA) is 110 Å². The Hall–Kier alpha value is -3.76. The van der Waals surface area contributed by atoms with Crippen LogP contribution in [0, 0.1) is 0 Å². The van der Waals surface area contributed by atoms with Crippen molar-refractivity contribution in [3.63, 3.8) is 0 Å². The molecule has 2 saturated heterocycles. The van der Waals surface area contributed by atoms with E-state index in [1.807, 2.05) is 13.0 Å². The second kappa shape index (κ2) is 11.6. The van der Waals surface area contributed by atoms with E-state index >= 15 is 0 Å². The third kappa shape index (κ3) is 6.43. The molecule has 2 aliphatic heterocycles. The molecule has 0 unspecified atom stereocenters. The van der Waals surface area contributed by atoms with E-state index < -0.39 is 12.3 Å². The SMILES string of the molecule is CCO[C@@H]1C[C@@H](OC(=O)Nc2ccc(N3CCOCC3=O)cc2)N(C(=O)C=Cc2cccnc2)C1. The summed E-state index contributed by atoms with van der Waals surface area (Å²) in [5.41, 5.74) is 2.02. The Labute approximate surface area is 203 Å². The number of rotatable bonds is 7. The van der Waals surface area contributed by atoms with Gasteiger partial charge in [0.15, 0.2) is 6.23 Å². The molecule has 3 amide bonds. The maximum Gasteiger partial charge on any atom is 0.413 e. The zero-order valence-corrected chi connectivity index (χ0v) is 19.5. The van der Waals surface area contributed by atoms with Gasteiger partial charge in [-0.2, -0.15) is 0 Å². The lowest BCUT2D eigenvalue weighted by Crippen LogP contribution is -2.41. The fraction of sp³-hybridized carbons (Fsp3) is 0.360. The molecule has 0 aliphatic carbocycles. The third-order valence-corrected chi connectivity index (χ3v) is 5.65. The molecule has 2 fully saturated rings. The summed E-state index contributed by atoms with van der Waals surface area (Å²) in [6.07, 6.45) is 5.12. The maximum atomic E-state index is 12.8. The number of carbonyl (C=O) groups excluding carboxylic acids is 3. The molecule has 1 aromatic heterocycles. The zero-order valence-electron chi connectivity index (χ0n) is 19.5. The minimum Gasteiger partial charge on any atom is -0.425 e. The van der Waals surface area contributed by atoms with E-state index in [0.717, 1.165) is 11.3 Å². The van der Waals surface area contributed by atoms with E-state index in [-0.39, 0.29) is 24.5 Å². The second-order valence-electron chi connectivity index (χ2n) is 8.05. The molecule has 10 nitrogen and oxygen atoms in total. The van der Waals surface area contributed by atoms with Gasteiger partial charge in [0.05, 0.1) is 19.3 Å². The largest absolute Gasteiger partial charge is 0.425 e. The van der Waals surface area contributed by atoms with Crippen molar-refractivity contribution >= 4 is 35.4 Å². The van der Waals surface area contributed by atoms with Crippen LogP contribution in [0.5, 0.6) is 0 Å². The number of hydrogen-bond donors (Lipinski definition) is 1. The van der Waals surface area contributed by atoms with Crippen molar-refractivity contribution in [1.29, 1.82) is 0 Å². The zero-order chi connectivity index (χ0) is 24.6. The molecule has 1 aromatic carbocycles. The Morgan fingerprint density at radius 3 is 2.80 bits per heavy atom. The van der Waals surface area contributed by atoms with Crippen LogP contribution in [0.4, 0.5) is 16.2 Å². The summed E-state index contributed by atoms with van der Waals surface area (Å²) in [5.74, 6) is -0.392. The quantitative estimate of drug-likeness (QED) is 0.607. The van der Waals surface area contributed by atoms with Gasteiger partial charge in [-0.25, -0.2) is 4.79 Å². The molecule has 2 aliphatic rings. The smallest absolute Gasteiger partial charge is 0.413 e. The molecule has 3 heterocycles. The standard InChI is InChI=1S/C25H28N4O6/c1-2-34-21-14-24(29(16-21)22(30)10-5-18-4-3-11-26-15-18)35-25(32)27-19-6-8-20(9-7-19)28-12-13-33-17-23(28)31/h3-11,15,21,24H,2,12-14,16-17H2,1H3,(H,27,32)/t21-,24-/m1/s1. The first-order chi connectivity index (χ1) is 17.0. The number of ether oxygens (including phenoxy) is 3. The molecule has 4 rings (SSSR count). The van der Waals surface area contributed by atoms with Crippen LogP contribution >= 0.6 is 0 Å². The molecular formula is C25H28N4O6. The predicted molar refractivity (Wildman–Crippen MR) is 129 cm³/mol. The van der Waals surface area contributed by atoms with Crippen molar-refractivity contribution in [3.05, 3.63) is 60.4 Å². The van der Waals surface area contributed by atoms with Crippen LogP contribution in [0.3, 0.4) is 0 Å². The van der Waals surface area contributed by atoms with E-state index in [9.17, 15) is 14.4 Å². The lowest BCUT2D eigenvalue weighted by molar-refractivity contribution is -0.132. The van der Waals surface area contributed by atoms with Gasteiger partial charge in [0.25, 0.3) is 5.91 Å². The average Bonchev–Trinajstić information content (AvgIpc) is 3.26. The molecule has 2 atom stereocenters. The summed E-state index contributed by atoms with van der Waals surface area (Å²) in [7, 11) is 0. The normalized spacial score (nSPS) is 20.3. The van der Waals surface area contributed by atoms with Gasteiger partial charge in [-0.15, -0.1) is 0 Å². The first-order valence-corrected chi connectivity index (χ1v) is 11.5. The Balaban J connectivity index is 1.37. The number of hydrogen-bond acceptors (Lipinski definition) is 7. The number of nitrogens with zero attached hydrogens (tertiary/aromatic N) is 3. The van der Waals surface area contributed by atoms with E-state index in [2.05, 4.69) is 10.3 Å². The van der Waals surface area contributed by atoms with Gasteiger partial charge in [0.1, 0.15) is 6.61 Å². The van der Waals surface area contributed by atoms with Crippen molar-refractivity contribution in [1.82, 2.24) is 9.88 Å². The third-order valence-electron chi connectivity index (χ3n) is 5.65. The fourth-order valence-electron chi connectivity index (χ4n) is 3.99.